The molecule has 0 aliphatic carbocycles. The molecular weight excluding hydrogens is 320 g/mol. The molecule has 0 atom stereocenters. The van der Waals surface area contributed by atoms with Crippen LogP contribution in [0.2, 0.25) is 0 Å². The molecule has 6 heteroatoms. The second-order valence-corrected chi connectivity index (χ2v) is 6.70. The fraction of sp³-hybridized carbons (Fsp3) is 0.278. The third-order valence-electron chi connectivity index (χ3n) is 3.77. The number of hydrogen-bond donors (Lipinski definition) is 1. The van der Waals surface area contributed by atoms with E-state index >= 15 is 0 Å². The summed E-state index contributed by atoms with van der Waals surface area (Å²) in [5, 5.41) is 7.27. The van der Waals surface area contributed by atoms with Crippen LogP contribution in [0.15, 0.2) is 42.7 Å². The van der Waals surface area contributed by atoms with Gasteiger partial charge in [0.2, 0.25) is 0 Å². The molecule has 0 aromatic carbocycles. The first-order chi connectivity index (χ1) is 11.7. The van der Waals surface area contributed by atoms with E-state index < -0.39 is 0 Å². The third kappa shape index (κ3) is 3.89. The molecule has 1 amide bonds. The zero-order valence-electron chi connectivity index (χ0n) is 13.8. The summed E-state index contributed by atoms with van der Waals surface area (Å²) in [6.45, 7) is 4.87. The molecule has 3 heterocycles. The van der Waals surface area contributed by atoms with Crippen molar-refractivity contribution in [3.8, 4) is 0 Å². The SMILES string of the molecule is CCc1sc(C(=O)Nc2ccn(CCc3ccccn3)n2)cc1C. The Morgan fingerprint density at radius 2 is 2.21 bits per heavy atom. The molecule has 3 aromatic heterocycles. The minimum atomic E-state index is -0.0993. The molecule has 0 saturated heterocycles. The van der Waals surface area contributed by atoms with Crippen LogP contribution in [0.3, 0.4) is 0 Å². The summed E-state index contributed by atoms with van der Waals surface area (Å²) in [7, 11) is 0. The van der Waals surface area contributed by atoms with Crippen LogP contribution in [0.1, 0.15) is 32.7 Å². The molecule has 0 unspecified atom stereocenters. The van der Waals surface area contributed by atoms with Crippen molar-refractivity contribution >= 4 is 23.1 Å². The van der Waals surface area contributed by atoms with Gasteiger partial charge >= 0.3 is 0 Å². The first-order valence-electron chi connectivity index (χ1n) is 7.99. The van der Waals surface area contributed by atoms with Crippen LogP contribution in [0.25, 0.3) is 0 Å². The number of thiophene rings is 1. The molecule has 0 spiro atoms. The minimum absolute atomic E-state index is 0.0993. The fourth-order valence-corrected chi connectivity index (χ4v) is 3.50. The van der Waals surface area contributed by atoms with Crippen molar-refractivity contribution in [2.75, 3.05) is 5.32 Å². The van der Waals surface area contributed by atoms with E-state index in [9.17, 15) is 4.79 Å². The lowest BCUT2D eigenvalue weighted by molar-refractivity contribution is 0.103. The fourth-order valence-electron chi connectivity index (χ4n) is 2.49. The van der Waals surface area contributed by atoms with E-state index in [-0.39, 0.29) is 5.91 Å². The van der Waals surface area contributed by atoms with Crippen molar-refractivity contribution in [2.24, 2.45) is 0 Å². The van der Waals surface area contributed by atoms with Crippen LogP contribution in [0.4, 0.5) is 5.82 Å². The molecular formula is C18H20N4OS. The molecule has 0 radical (unpaired) electrons. The molecule has 124 valence electrons. The van der Waals surface area contributed by atoms with Gasteiger partial charge in [0.05, 0.1) is 4.88 Å². The molecule has 0 aliphatic rings. The highest BCUT2D eigenvalue weighted by molar-refractivity contribution is 7.14. The van der Waals surface area contributed by atoms with Gasteiger partial charge in [-0.05, 0) is 37.1 Å². The number of aromatic nitrogens is 3. The normalized spacial score (nSPS) is 10.8. The van der Waals surface area contributed by atoms with Gasteiger partial charge < -0.3 is 5.32 Å². The van der Waals surface area contributed by atoms with Crippen LogP contribution < -0.4 is 5.32 Å². The van der Waals surface area contributed by atoms with Gasteiger partial charge in [0.1, 0.15) is 0 Å². The van der Waals surface area contributed by atoms with Crippen molar-refractivity contribution in [3.63, 3.8) is 0 Å². The molecule has 0 saturated carbocycles. The lowest BCUT2D eigenvalue weighted by atomic mass is 10.2. The Balaban J connectivity index is 1.60. The van der Waals surface area contributed by atoms with Gasteiger partial charge in [-0.1, -0.05) is 13.0 Å². The molecule has 3 aromatic rings. The first kappa shape index (κ1) is 16.4. The number of anilines is 1. The highest BCUT2D eigenvalue weighted by atomic mass is 32.1. The van der Waals surface area contributed by atoms with E-state index in [2.05, 4.69) is 22.3 Å². The quantitative estimate of drug-likeness (QED) is 0.744. The highest BCUT2D eigenvalue weighted by Gasteiger charge is 2.13. The van der Waals surface area contributed by atoms with E-state index in [4.69, 9.17) is 0 Å². The standard InChI is InChI=1S/C18H20N4OS/c1-3-15-13(2)12-16(24-15)18(23)20-17-8-11-22(21-17)10-7-14-6-4-5-9-19-14/h4-6,8-9,11-12H,3,7,10H2,1-2H3,(H,20,21,23). The second-order valence-electron chi connectivity index (χ2n) is 5.56. The summed E-state index contributed by atoms with van der Waals surface area (Å²) in [5.41, 5.74) is 2.20. The molecule has 1 N–H and O–H groups in total. The summed E-state index contributed by atoms with van der Waals surface area (Å²) in [5.74, 6) is 0.475. The molecule has 0 aliphatic heterocycles. The number of nitrogens with zero attached hydrogens (tertiary/aromatic N) is 3. The maximum atomic E-state index is 12.3. The number of nitrogens with one attached hydrogen (secondary N) is 1. The Morgan fingerprint density at radius 1 is 1.33 bits per heavy atom. The van der Waals surface area contributed by atoms with E-state index in [1.807, 2.05) is 48.1 Å². The maximum Gasteiger partial charge on any atom is 0.266 e. The average Bonchev–Trinajstić information content (AvgIpc) is 3.20. The predicted octanol–water partition coefficient (Wildman–Crippen LogP) is 3.71. The average molecular weight is 340 g/mol. The van der Waals surface area contributed by atoms with Crippen molar-refractivity contribution in [1.82, 2.24) is 14.8 Å². The molecule has 0 fully saturated rings. The third-order valence-corrected chi connectivity index (χ3v) is 5.15. The van der Waals surface area contributed by atoms with Gasteiger partial charge in [-0.15, -0.1) is 11.3 Å². The van der Waals surface area contributed by atoms with Gasteiger partial charge in [0.25, 0.3) is 5.91 Å². The van der Waals surface area contributed by atoms with Gasteiger partial charge in [0.15, 0.2) is 5.82 Å². The van der Waals surface area contributed by atoms with Crippen LogP contribution in [-0.4, -0.2) is 20.7 Å². The molecule has 3 rings (SSSR count). The van der Waals surface area contributed by atoms with Gasteiger partial charge in [-0.25, -0.2) is 0 Å². The summed E-state index contributed by atoms with van der Waals surface area (Å²) in [4.78, 5) is 18.6. The lowest BCUT2D eigenvalue weighted by Gasteiger charge is -2.02. The topological polar surface area (TPSA) is 59.8 Å². The summed E-state index contributed by atoms with van der Waals surface area (Å²) in [6.07, 6.45) is 5.42. The number of aryl methyl sites for hydroxylation is 4. The Hall–Kier alpha value is -2.47. The Kier molecular flexibility index (Phi) is 5.05. The molecule has 5 nitrogen and oxygen atoms in total. The van der Waals surface area contributed by atoms with Gasteiger partial charge in [-0.3, -0.25) is 14.5 Å². The predicted molar refractivity (Wildman–Crippen MR) is 96.6 cm³/mol. The Bertz CT molecular complexity index is 823. The summed E-state index contributed by atoms with van der Waals surface area (Å²) in [6, 6.07) is 9.64. The number of hydrogen-bond acceptors (Lipinski definition) is 4. The van der Waals surface area contributed by atoms with E-state index in [0.29, 0.717) is 5.82 Å². The van der Waals surface area contributed by atoms with Crippen molar-refractivity contribution in [3.05, 3.63) is 63.7 Å². The van der Waals surface area contributed by atoms with Gasteiger partial charge in [0, 0.05) is 42.0 Å². The minimum Gasteiger partial charge on any atom is -0.304 e. The molecule has 24 heavy (non-hydrogen) atoms. The zero-order valence-corrected chi connectivity index (χ0v) is 14.6. The number of rotatable bonds is 6. The van der Waals surface area contributed by atoms with Gasteiger partial charge in [-0.2, -0.15) is 5.10 Å². The summed E-state index contributed by atoms with van der Waals surface area (Å²) >= 11 is 1.55. The number of carbonyl (C=O) groups is 1. The Labute approximate surface area is 145 Å². The van der Waals surface area contributed by atoms with Crippen LogP contribution in [0.5, 0.6) is 0 Å². The monoisotopic (exact) mass is 340 g/mol. The number of carbonyl (C=O) groups excluding carboxylic acids is 1. The van der Waals surface area contributed by atoms with Crippen molar-refractivity contribution < 1.29 is 4.79 Å². The van der Waals surface area contributed by atoms with E-state index in [1.54, 1.807) is 17.5 Å². The van der Waals surface area contributed by atoms with Crippen LogP contribution in [0, 0.1) is 6.92 Å². The maximum absolute atomic E-state index is 12.3. The largest absolute Gasteiger partial charge is 0.304 e. The number of pyridine rings is 1. The van der Waals surface area contributed by atoms with Crippen molar-refractivity contribution in [1.29, 1.82) is 0 Å². The smallest absolute Gasteiger partial charge is 0.266 e. The van der Waals surface area contributed by atoms with Crippen LogP contribution >= 0.6 is 11.3 Å². The number of amides is 1. The second kappa shape index (κ2) is 7.40. The van der Waals surface area contributed by atoms with Crippen LogP contribution in [-0.2, 0) is 19.4 Å². The van der Waals surface area contributed by atoms with Crippen molar-refractivity contribution in [2.45, 2.75) is 33.2 Å². The van der Waals surface area contributed by atoms with E-state index in [0.717, 1.165) is 30.0 Å². The lowest BCUT2D eigenvalue weighted by Crippen LogP contribution is -2.11. The van der Waals surface area contributed by atoms with E-state index in [1.165, 1.54) is 10.4 Å². The Morgan fingerprint density at radius 3 is 2.92 bits per heavy atom. The molecule has 0 bridgehead atoms. The zero-order chi connectivity index (χ0) is 16.9. The summed E-state index contributed by atoms with van der Waals surface area (Å²) < 4.78 is 1.82. The highest BCUT2D eigenvalue weighted by Crippen LogP contribution is 2.23. The first-order valence-corrected chi connectivity index (χ1v) is 8.81.